The molecule has 1 amide bonds. The number of amides is 1. The number of esters is 1. The number of benzene rings is 2. The molecule has 10 rings (SSSR count). The largest absolute Gasteiger partial charge is 0.462 e. The standard InChI is InChI=1S/C23H25N5O2.C22H24N6O.C2H6O.CH4/c1-3-30-23(29)17-15-16-9-10-20(27-12-6-11-26(2)13-14-27)25-21(16)28-19-8-5-4-7-18(19)24-22(17)28;1-23-22(29)16-14-15-8-9-19(27-11-5-10-26(2)12-13-27)25-20(15)28-18-7-4-3-6-17(18)24-21(16)28;1-2-3;/h4-5,7-10,15H,3,6,11-14H2,1-2H3;3-4,6-9,14H,5,10-13H2,1-2H3,(H,23,29);3H,2H2,1H3;1H4. The number of aromatic nitrogens is 6. The predicted octanol–water partition coefficient (Wildman–Crippen LogP) is 6.53. The summed E-state index contributed by atoms with van der Waals surface area (Å²) in [4.78, 5) is 54.2. The second kappa shape index (κ2) is 19.7. The number of hydrogen-bond acceptors (Lipinski definition) is 12. The first-order valence-corrected chi connectivity index (χ1v) is 21.5. The van der Waals surface area contributed by atoms with Gasteiger partial charge < -0.3 is 34.8 Å². The van der Waals surface area contributed by atoms with Crippen molar-refractivity contribution in [2.75, 3.05) is 96.5 Å². The van der Waals surface area contributed by atoms with Crippen LogP contribution in [0.2, 0.25) is 0 Å². The lowest BCUT2D eigenvalue weighted by atomic mass is 10.2. The molecule has 15 heteroatoms. The molecule has 63 heavy (non-hydrogen) atoms. The van der Waals surface area contributed by atoms with E-state index in [0.717, 1.165) is 121 Å². The molecule has 0 atom stereocenters. The Morgan fingerprint density at radius 3 is 1.56 bits per heavy atom. The number of nitrogens with one attached hydrogen (secondary N) is 1. The summed E-state index contributed by atoms with van der Waals surface area (Å²) in [6.07, 6.45) is 2.23. The van der Waals surface area contributed by atoms with Crippen molar-refractivity contribution in [1.29, 1.82) is 0 Å². The van der Waals surface area contributed by atoms with Gasteiger partial charge in [-0.05, 0) is 115 Å². The van der Waals surface area contributed by atoms with E-state index in [2.05, 4.69) is 51.1 Å². The number of likely N-dealkylation sites (N-methyl/N-ethyl adjacent to an activating group) is 2. The number of aliphatic hydroxyl groups excluding tert-OH is 1. The highest BCUT2D eigenvalue weighted by atomic mass is 16.5. The Morgan fingerprint density at radius 1 is 0.619 bits per heavy atom. The second-order valence-corrected chi connectivity index (χ2v) is 15.7. The minimum Gasteiger partial charge on any atom is -0.462 e. The normalized spacial score (nSPS) is 15.1. The summed E-state index contributed by atoms with van der Waals surface area (Å²) in [6.45, 7) is 12.2. The van der Waals surface area contributed by atoms with E-state index in [1.165, 1.54) is 0 Å². The number of carbonyl (C=O) groups is 2. The zero-order valence-corrected chi connectivity index (χ0v) is 36.2. The van der Waals surface area contributed by atoms with Gasteiger partial charge in [0, 0.05) is 63.7 Å². The molecule has 0 spiro atoms. The van der Waals surface area contributed by atoms with Crippen LogP contribution in [-0.4, -0.2) is 142 Å². The molecule has 8 aromatic rings. The zero-order valence-electron chi connectivity index (χ0n) is 36.2. The lowest BCUT2D eigenvalue weighted by molar-refractivity contribution is 0.0528. The van der Waals surface area contributed by atoms with Gasteiger partial charge in [0.25, 0.3) is 5.91 Å². The molecule has 0 saturated carbocycles. The Bertz CT molecular complexity index is 2890. The predicted molar refractivity (Wildman–Crippen MR) is 253 cm³/mol. The number of nitrogens with zero attached hydrogens (tertiary/aromatic N) is 10. The third-order valence-electron chi connectivity index (χ3n) is 11.5. The molecular formula is C48H59N11O4. The van der Waals surface area contributed by atoms with Crippen LogP contribution in [0.15, 0.2) is 84.9 Å². The van der Waals surface area contributed by atoms with Crippen LogP contribution in [0, 0.1) is 0 Å². The molecule has 330 valence electrons. The van der Waals surface area contributed by atoms with E-state index < -0.39 is 0 Å². The summed E-state index contributed by atoms with van der Waals surface area (Å²) in [5.41, 5.74) is 7.46. The summed E-state index contributed by atoms with van der Waals surface area (Å²) >= 11 is 0. The SMILES string of the molecule is C.CCO.CCOC(=O)c1cc2ccc(N3CCCN(C)CC3)nc2n2c1nc1ccccc12.CNC(=O)c1cc2ccc(N3CCCN(C)CC3)nc2n2c1nc1ccccc12. The van der Waals surface area contributed by atoms with Gasteiger partial charge in [0.1, 0.15) is 28.5 Å². The van der Waals surface area contributed by atoms with Crippen LogP contribution in [0.4, 0.5) is 11.6 Å². The summed E-state index contributed by atoms with van der Waals surface area (Å²) in [6, 6.07) is 27.8. The van der Waals surface area contributed by atoms with E-state index in [1.807, 2.05) is 88.5 Å². The number of para-hydroxylation sites is 4. The van der Waals surface area contributed by atoms with Gasteiger partial charge in [0.15, 0.2) is 11.3 Å². The molecule has 8 heterocycles. The van der Waals surface area contributed by atoms with Gasteiger partial charge in [0.2, 0.25) is 0 Å². The summed E-state index contributed by atoms with van der Waals surface area (Å²) in [5.74, 6) is 1.42. The van der Waals surface area contributed by atoms with Crippen LogP contribution in [0.5, 0.6) is 0 Å². The Labute approximate surface area is 367 Å². The first-order chi connectivity index (χ1) is 30.2. The number of pyridine rings is 4. The van der Waals surface area contributed by atoms with Crippen molar-refractivity contribution in [1.82, 2.24) is 43.9 Å². The molecule has 2 fully saturated rings. The lowest BCUT2D eigenvalue weighted by Gasteiger charge is -2.22. The van der Waals surface area contributed by atoms with Crippen molar-refractivity contribution in [2.24, 2.45) is 0 Å². The first kappa shape index (κ1) is 44.6. The number of ether oxygens (including phenoxy) is 1. The Balaban J connectivity index is 0.000000175. The first-order valence-electron chi connectivity index (χ1n) is 21.5. The third-order valence-corrected chi connectivity index (χ3v) is 11.5. The topological polar surface area (TPSA) is 149 Å². The van der Waals surface area contributed by atoms with Crippen molar-refractivity contribution in [2.45, 2.75) is 34.1 Å². The molecule has 2 aliphatic rings. The van der Waals surface area contributed by atoms with E-state index in [9.17, 15) is 9.59 Å². The number of fused-ring (bicyclic) bond motifs is 10. The van der Waals surface area contributed by atoms with Crippen LogP contribution in [0.1, 0.15) is 54.8 Å². The van der Waals surface area contributed by atoms with Gasteiger partial charge in [-0.15, -0.1) is 0 Å². The van der Waals surface area contributed by atoms with E-state index in [-0.39, 0.29) is 25.9 Å². The number of rotatable bonds is 5. The smallest absolute Gasteiger partial charge is 0.341 e. The second-order valence-electron chi connectivity index (χ2n) is 15.7. The molecule has 2 aromatic carbocycles. The number of aliphatic hydroxyl groups is 1. The van der Waals surface area contributed by atoms with Gasteiger partial charge in [-0.1, -0.05) is 31.7 Å². The molecule has 2 aliphatic heterocycles. The average molecular weight is 854 g/mol. The molecule has 15 nitrogen and oxygen atoms in total. The van der Waals surface area contributed by atoms with Gasteiger partial charge in [-0.25, -0.2) is 24.7 Å². The Hall–Kier alpha value is -6.42. The van der Waals surface area contributed by atoms with Gasteiger partial charge in [0.05, 0.1) is 34.2 Å². The van der Waals surface area contributed by atoms with Gasteiger partial charge >= 0.3 is 5.97 Å². The molecule has 6 aromatic heterocycles. The minimum atomic E-state index is -0.362. The highest BCUT2D eigenvalue weighted by molar-refractivity contribution is 6.06. The fourth-order valence-corrected chi connectivity index (χ4v) is 8.33. The van der Waals surface area contributed by atoms with Crippen molar-refractivity contribution < 1.29 is 19.4 Å². The molecule has 0 aliphatic carbocycles. The van der Waals surface area contributed by atoms with Crippen LogP contribution >= 0.6 is 0 Å². The highest BCUT2D eigenvalue weighted by Gasteiger charge is 2.22. The quantitative estimate of drug-likeness (QED) is 0.182. The van der Waals surface area contributed by atoms with Crippen molar-refractivity contribution in [3.63, 3.8) is 0 Å². The molecule has 0 bridgehead atoms. The molecule has 0 radical (unpaired) electrons. The number of anilines is 2. The van der Waals surface area contributed by atoms with Crippen LogP contribution in [0.3, 0.4) is 0 Å². The fourth-order valence-electron chi connectivity index (χ4n) is 8.33. The summed E-state index contributed by atoms with van der Waals surface area (Å²) < 4.78 is 9.31. The maximum absolute atomic E-state index is 12.7. The maximum Gasteiger partial charge on any atom is 0.341 e. The van der Waals surface area contributed by atoms with Gasteiger partial charge in [-0.2, -0.15) is 0 Å². The van der Waals surface area contributed by atoms with E-state index in [4.69, 9.17) is 29.8 Å². The minimum absolute atomic E-state index is 0. The van der Waals surface area contributed by atoms with Crippen molar-refractivity contribution in [3.05, 3.63) is 96.1 Å². The van der Waals surface area contributed by atoms with E-state index >= 15 is 0 Å². The Kier molecular flexibility index (Phi) is 14.0. The van der Waals surface area contributed by atoms with E-state index in [0.29, 0.717) is 29.0 Å². The summed E-state index contributed by atoms with van der Waals surface area (Å²) in [7, 11) is 5.97. The average Bonchev–Trinajstić information content (AvgIpc) is 3.70. The highest BCUT2D eigenvalue weighted by Crippen LogP contribution is 2.30. The summed E-state index contributed by atoms with van der Waals surface area (Å²) in [5, 5.41) is 12.1. The lowest BCUT2D eigenvalue weighted by Crippen LogP contribution is -2.29. The van der Waals surface area contributed by atoms with Crippen LogP contribution < -0.4 is 15.1 Å². The van der Waals surface area contributed by atoms with Gasteiger partial charge in [-0.3, -0.25) is 13.6 Å². The fraction of sp³-hybridized carbons (Fsp3) is 0.375. The number of hydrogen-bond donors (Lipinski definition) is 2. The monoisotopic (exact) mass is 853 g/mol. The number of carbonyl (C=O) groups excluding carboxylic acids is 2. The molecule has 2 saturated heterocycles. The third kappa shape index (κ3) is 9.08. The molecular weight excluding hydrogens is 795 g/mol. The van der Waals surface area contributed by atoms with Crippen molar-refractivity contribution >= 4 is 78.9 Å². The molecule has 0 unspecified atom stereocenters. The number of imidazole rings is 2. The van der Waals surface area contributed by atoms with E-state index in [1.54, 1.807) is 14.0 Å². The van der Waals surface area contributed by atoms with Crippen LogP contribution in [0.25, 0.3) is 55.4 Å². The zero-order chi connectivity index (χ0) is 43.3. The van der Waals surface area contributed by atoms with Crippen LogP contribution in [-0.2, 0) is 4.74 Å². The molecule has 2 N–H and O–H groups in total. The van der Waals surface area contributed by atoms with Crippen molar-refractivity contribution in [3.8, 4) is 0 Å². The Morgan fingerprint density at radius 2 is 1.08 bits per heavy atom. The maximum atomic E-state index is 12.7.